The first-order valence-corrected chi connectivity index (χ1v) is 7.52. The van der Waals surface area contributed by atoms with Crippen LogP contribution in [0.1, 0.15) is 24.0 Å². The van der Waals surface area contributed by atoms with Crippen LogP contribution in [0.3, 0.4) is 0 Å². The smallest absolute Gasteiger partial charge is 0.345 e. The van der Waals surface area contributed by atoms with Crippen LogP contribution in [0.15, 0.2) is 30.9 Å². The highest BCUT2D eigenvalue weighted by atomic mass is 35.5. The predicted molar refractivity (Wildman–Crippen MR) is 83.3 cm³/mol. The third-order valence-corrected chi connectivity index (χ3v) is 4.20. The van der Waals surface area contributed by atoms with E-state index in [4.69, 9.17) is 11.6 Å². The molecule has 4 nitrogen and oxygen atoms in total. The van der Waals surface area contributed by atoms with Crippen molar-refractivity contribution in [2.75, 3.05) is 13.6 Å². The number of carbonyl (C=O) groups excluding carboxylic acids is 2. The first-order valence-electron chi connectivity index (χ1n) is 7.15. The van der Waals surface area contributed by atoms with Crippen molar-refractivity contribution in [2.24, 2.45) is 0 Å². The summed E-state index contributed by atoms with van der Waals surface area (Å²) in [6.07, 6.45) is -2.45. The Balaban J connectivity index is 2.18. The van der Waals surface area contributed by atoms with Gasteiger partial charge < -0.3 is 10.2 Å². The van der Waals surface area contributed by atoms with Gasteiger partial charge in [0.25, 0.3) is 0 Å². The highest BCUT2D eigenvalue weighted by Gasteiger charge is 2.48. The molecule has 2 rings (SSSR count). The van der Waals surface area contributed by atoms with Gasteiger partial charge in [0.1, 0.15) is 0 Å². The molecule has 1 aliphatic rings. The molecule has 0 spiro atoms. The number of benzene rings is 1. The van der Waals surface area contributed by atoms with Gasteiger partial charge in [0.2, 0.25) is 11.8 Å². The van der Waals surface area contributed by atoms with Crippen molar-refractivity contribution < 1.29 is 22.8 Å². The van der Waals surface area contributed by atoms with Gasteiger partial charge in [0.15, 0.2) is 0 Å². The van der Waals surface area contributed by atoms with Gasteiger partial charge in [-0.05, 0) is 42.7 Å². The maximum absolute atomic E-state index is 12.9. The molecule has 1 fully saturated rings. The number of rotatable bonds is 5. The lowest BCUT2D eigenvalue weighted by Gasteiger charge is -2.22. The number of hydrogen-bond donors (Lipinski definition) is 1. The zero-order valence-electron chi connectivity index (χ0n) is 12.9. The first-order chi connectivity index (χ1) is 11.1. The highest BCUT2D eigenvalue weighted by Crippen LogP contribution is 2.49. The molecule has 0 saturated heterocycles. The number of carbonyl (C=O) groups is 2. The van der Waals surface area contributed by atoms with E-state index in [1.165, 1.54) is 13.1 Å². The van der Waals surface area contributed by atoms with Gasteiger partial charge in [0.05, 0.1) is 17.6 Å². The summed E-state index contributed by atoms with van der Waals surface area (Å²) in [4.78, 5) is 24.6. The molecule has 1 aromatic carbocycles. The molecule has 0 heterocycles. The van der Waals surface area contributed by atoms with Crippen LogP contribution in [0.5, 0.6) is 0 Å². The van der Waals surface area contributed by atoms with Crippen molar-refractivity contribution in [3.05, 3.63) is 47.0 Å². The second-order valence-corrected chi connectivity index (χ2v) is 6.13. The highest BCUT2D eigenvalue weighted by molar-refractivity contribution is 6.31. The van der Waals surface area contributed by atoms with Gasteiger partial charge in [0, 0.05) is 12.1 Å². The Morgan fingerprint density at radius 2 is 2.04 bits per heavy atom. The van der Waals surface area contributed by atoms with E-state index in [2.05, 4.69) is 11.9 Å². The second-order valence-electron chi connectivity index (χ2n) is 5.72. The molecule has 0 bridgehead atoms. The number of nitrogens with one attached hydrogen (secondary N) is 1. The Labute approximate surface area is 142 Å². The normalized spacial score (nSPS) is 15.5. The molecule has 1 aromatic rings. The van der Waals surface area contributed by atoms with E-state index >= 15 is 0 Å². The first kappa shape index (κ1) is 18.3. The SMILES string of the molecule is C=CC(=O)N(C)CC(=O)NC1(c2cc(C(F)(F)F)ccc2Cl)CC1. The number of amides is 2. The minimum absolute atomic E-state index is 0.163. The minimum Gasteiger partial charge on any atom is -0.345 e. The molecule has 1 saturated carbocycles. The summed E-state index contributed by atoms with van der Waals surface area (Å²) in [6, 6.07) is 3.05. The van der Waals surface area contributed by atoms with Crippen LogP contribution in [0.2, 0.25) is 5.02 Å². The topological polar surface area (TPSA) is 49.4 Å². The maximum atomic E-state index is 12.9. The standard InChI is InChI=1S/C16H16ClF3N2O2/c1-3-14(24)22(2)9-13(23)21-15(6-7-15)11-8-10(16(18,19)20)4-5-12(11)17/h3-5,8H,1,6-7,9H2,2H3,(H,21,23). The molecule has 2 amide bonds. The molecule has 1 N–H and O–H groups in total. The lowest BCUT2D eigenvalue weighted by atomic mass is 10.0. The molecule has 0 aliphatic heterocycles. The Morgan fingerprint density at radius 3 is 2.54 bits per heavy atom. The third kappa shape index (κ3) is 3.90. The van der Waals surface area contributed by atoms with Crippen molar-refractivity contribution >= 4 is 23.4 Å². The number of halogens is 4. The van der Waals surface area contributed by atoms with E-state index in [0.29, 0.717) is 12.8 Å². The summed E-state index contributed by atoms with van der Waals surface area (Å²) in [5.74, 6) is -0.897. The fourth-order valence-electron chi connectivity index (χ4n) is 2.41. The van der Waals surface area contributed by atoms with Crippen LogP contribution in [-0.2, 0) is 21.3 Å². The molecule has 1 aliphatic carbocycles. The van der Waals surface area contributed by atoms with Crippen LogP contribution in [0, 0.1) is 0 Å². The van der Waals surface area contributed by atoms with Crippen LogP contribution in [-0.4, -0.2) is 30.3 Å². The van der Waals surface area contributed by atoms with Crippen LogP contribution >= 0.6 is 11.6 Å². The quantitative estimate of drug-likeness (QED) is 0.820. The molecular weight excluding hydrogens is 345 g/mol. The maximum Gasteiger partial charge on any atom is 0.416 e. The molecule has 8 heteroatoms. The number of alkyl halides is 3. The fourth-order valence-corrected chi connectivity index (χ4v) is 2.71. The summed E-state index contributed by atoms with van der Waals surface area (Å²) in [6.45, 7) is 3.10. The van der Waals surface area contributed by atoms with Gasteiger partial charge in [-0.15, -0.1) is 0 Å². The zero-order valence-corrected chi connectivity index (χ0v) is 13.7. The van der Waals surface area contributed by atoms with E-state index in [0.717, 1.165) is 23.1 Å². The molecule has 24 heavy (non-hydrogen) atoms. The molecule has 0 unspecified atom stereocenters. The van der Waals surface area contributed by atoms with Crippen LogP contribution in [0.4, 0.5) is 13.2 Å². The average molecular weight is 361 g/mol. The lowest BCUT2D eigenvalue weighted by Crippen LogP contribution is -2.42. The Hall–Kier alpha value is -2.02. The van der Waals surface area contributed by atoms with Gasteiger partial charge in [-0.1, -0.05) is 18.2 Å². The van der Waals surface area contributed by atoms with Gasteiger partial charge in [-0.2, -0.15) is 13.2 Å². The fraction of sp³-hybridized carbons (Fsp3) is 0.375. The molecular formula is C16H16ClF3N2O2. The second kappa shape index (κ2) is 6.47. The van der Waals surface area contributed by atoms with E-state index in [9.17, 15) is 22.8 Å². The van der Waals surface area contributed by atoms with Crippen LogP contribution < -0.4 is 5.32 Å². The molecule has 130 valence electrons. The lowest BCUT2D eigenvalue weighted by molar-refractivity contribution is -0.137. The predicted octanol–water partition coefficient (Wildman–Crippen LogP) is 3.11. The summed E-state index contributed by atoms with van der Waals surface area (Å²) in [5.41, 5.74) is -1.49. The molecule has 0 atom stereocenters. The average Bonchev–Trinajstić information content (AvgIpc) is 3.25. The van der Waals surface area contributed by atoms with Crippen molar-refractivity contribution in [1.29, 1.82) is 0 Å². The summed E-state index contributed by atoms with van der Waals surface area (Å²) in [5, 5.41) is 2.86. The van der Waals surface area contributed by atoms with Gasteiger partial charge in [-0.25, -0.2) is 0 Å². The van der Waals surface area contributed by atoms with E-state index < -0.39 is 29.1 Å². The summed E-state index contributed by atoms with van der Waals surface area (Å²) < 4.78 is 38.7. The summed E-state index contributed by atoms with van der Waals surface area (Å²) in [7, 11) is 1.43. The Bertz CT molecular complexity index is 684. The number of nitrogens with zero attached hydrogens (tertiary/aromatic N) is 1. The number of likely N-dealkylation sites (N-methyl/N-ethyl adjacent to an activating group) is 1. The monoisotopic (exact) mass is 360 g/mol. The summed E-state index contributed by atoms with van der Waals surface area (Å²) >= 11 is 6.04. The van der Waals surface area contributed by atoms with Gasteiger partial charge >= 0.3 is 6.18 Å². The Morgan fingerprint density at radius 1 is 1.42 bits per heavy atom. The van der Waals surface area contributed by atoms with E-state index in [1.807, 2.05) is 0 Å². The molecule has 0 radical (unpaired) electrons. The molecule has 0 aromatic heterocycles. The van der Waals surface area contributed by atoms with E-state index in [-0.39, 0.29) is 17.1 Å². The minimum atomic E-state index is -4.49. The zero-order chi connectivity index (χ0) is 18.1. The van der Waals surface area contributed by atoms with Crippen LogP contribution in [0.25, 0.3) is 0 Å². The van der Waals surface area contributed by atoms with Crippen molar-refractivity contribution in [3.63, 3.8) is 0 Å². The van der Waals surface area contributed by atoms with Crippen molar-refractivity contribution in [1.82, 2.24) is 10.2 Å². The Kier molecular flexibility index (Phi) is 4.94. The van der Waals surface area contributed by atoms with Crippen molar-refractivity contribution in [2.45, 2.75) is 24.6 Å². The largest absolute Gasteiger partial charge is 0.416 e. The number of hydrogen-bond acceptors (Lipinski definition) is 2. The van der Waals surface area contributed by atoms with Crippen molar-refractivity contribution in [3.8, 4) is 0 Å². The third-order valence-electron chi connectivity index (χ3n) is 3.87. The van der Waals surface area contributed by atoms with E-state index in [1.54, 1.807) is 0 Å². The van der Waals surface area contributed by atoms with Gasteiger partial charge in [-0.3, -0.25) is 9.59 Å².